The topological polar surface area (TPSA) is 107 Å². The summed E-state index contributed by atoms with van der Waals surface area (Å²) < 4.78 is 12.2. The summed E-state index contributed by atoms with van der Waals surface area (Å²) in [4.78, 5) is 34.6. The van der Waals surface area contributed by atoms with Crippen molar-refractivity contribution < 1.29 is 14.3 Å². The van der Waals surface area contributed by atoms with Crippen LogP contribution in [0.5, 0.6) is 5.75 Å². The van der Waals surface area contributed by atoms with Crippen molar-refractivity contribution in [1.29, 1.82) is 0 Å². The number of hydrogen-bond donors (Lipinski definition) is 2. The Morgan fingerprint density at radius 2 is 1.71 bits per heavy atom. The highest BCUT2D eigenvalue weighted by Gasteiger charge is 2.20. The van der Waals surface area contributed by atoms with Crippen molar-refractivity contribution in [3.63, 3.8) is 0 Å². The Kier molecular flexibility index (Phi) is 6.18. The Labute approximate surface area is 196 Å². The van der Waals surface area contributed by atoms with Crippen LogP contribution in [0.25, 0.3) is 16.7 Å². The summed E-state index contributed by atoms with van der Waals surface area (Å²) in [6.07, 6.45) is 0.868. The first-order chi connectivity index (χ1) is 16.2. The molecule has 2 aromatic heterocycles. The van der Waals surface area contributed by atoms with Gasteiger partial charge in [0.15, 0.2) is 5.65 Å². The smallest absolute Gasteiger partial charge is 0.412 e. The molecular formula is C25H25N5O4. The van der Waals surface area contributed by atoms with E-state index in [1.165, 1.54) is 10.6 Å². The van der Waals surface area contributed by atoms with E-state index in [9.17, 15) is 9.59 Å². The van der Waals surface area contributed by atoms with Crippen LogP contribution < -0.4 is 20.9 Å². The molecule has 0 saturated carbocycles. The predicted octanol–water partition coefficient (Wildman–Crippen LogP) is 4.88. The zero-order chi connectivity index (χ0) is 24.3. The lowest BCUT2D eigenvalue weighted by atomic mass is 10.2. The molecule has 9 heteroatoms. The van der Waals surface area contributed by atoms with E-state index in [0.717, 1.165) is 0 Å². The van der Waals surface area contributed by atoms with E-state index in [0.29, 0.717) is 28.2 Å². The predicted molar refractivity (Wildman–Crippen MR) is 131 cm³/mol. The lowest BCUT2D eigenvalue weighted by Gasteiger charge is -2.20. The van der Waals surface area contributed by atoms with E-state index in [1.807, 2.05) is 42.5 Å². The molecule has 0 spiro atoms. The van der Waals surface area contributed by atoms with Gasteiger partial charge in [0, 0.05) is 12.3 Å². The lowest BCUT2D eigenvalue weighted by molar-refractivity contribution is 0.0636. The van der Waals surface area contributed by atoms with Crippen molar-refractivity contribution in [2.24, 2.45) is 0 Å². The average molecular weight is 460 g/mol. The molecule has 0 saturated heterocycles. The number of para-hydroxylation sites is 3. The van der Waals surface area contributed by atoms with Crippen LogP contribution in [0.2, 0.25) is 0 Å². The number of fused-ring (bicyclic) bond motifs is 1. The minimum atomic E-state index is -0.693. The Morgan fingerprint density at radius 1 is 1.00 bits per heavy atom. The number of amides is 1. The number of carbonyl (C=O) groups is 1. The number of carbonyl (C=O) groups excluding carboxylic acids is 1. The van der Waals surface area contributed by atoms with Crippen molar-refractivity contribution >= 4 is 34.4 Å². The molecule has 0 fully saturated rings. The number of hydrogen-bond acceptors (Lipinski definition) is 7. The highest BCUT2D eigenvalue weighted by atomic mass is 16.6. The molecule has 0 aliphatic carbocycles. The molecule has 1 amide bonds. The van der Waals surface area contributed by atoms with Gasteiger partial charge >= 0.3 is 6.09 Å². The zero-order valence-electron chi connectivity index (χ0n) is 19.3. The zero-order valence-corrected chi connectivity index (χ0v) is 19.3. The van der Waals surface area contributed by atoms with Crippen LogP contribution in [0.1, 0.15) is 20.8 Å². The van der Waals surface area contributed by atoms with Gasteiger partial charge in [0.2, 0.25) is 5.95 Å². The highest BCUT2D eigenvalue weighted by molar-refractivity contribution is 5.98. The second-order valence-electron chi connectivity index (χ2n) is 8.45. The minimum absolute atomic E-state index is 0.255. The maximum atomic E-state index is 13.2. The number of aromatic nitrogens is 3. The van der Waals surface area contributed by atoms with Gasteiger partial charge in [0.1, 0.15) is 11.4 Å². The molecule has 2 N–H and O–H groups in total. The molecule has 4 aromatic rings. The van der Waals surface area contributed by atoms with Gasteiger partial charge in [-0.15, -0.1) is 0 Å². The number of nitrogens with one attached hydrogen (secondary N) is 2. The fourth-order valence-corrected chi connectivity index (χ4v) is 3.38. The van der Waals surface area contributed by atoms with Gasteiger partial charge in [0.25, 0.3) is 5.56 Å². The minimum Gasteiger partial charge on any atom is -0.495 e. The van der Waals surface area contributed by atoms with Crippen LogP contribution >= 0.6 is 0 Å². The summed E-state index contributed by atoms with van der Waals surface area (Å²) in [6.45, 7) is 5.28. The molecule has 0 atom stereocenters. The number of ether oxygens (including phenoxy) is 2. The third kappa shape index (κ3) is 4.98. The van der Waals surface area contributed by atoms with Gasteiger partial charge in [-0.1, -0.05) is 30.3 Å². The standard InChI is InChI=1S/C25H25N5O4/c1-25(2,3)34-24(32)28-19-14-21(31)30(16-10-6-5-7-11-16)22-17(19)15-26-23(29-22)27-18-12-8-9-13-20(18)33-4/h5-15H,1-4H3,(H,28,32)(H,26,27,29). The fraction of sp³-hybridized carbons (Fsp3) is 0.200. The normalized spacial score (nSPS) is 11.2. The first-order valence-electron chi connectivity index (χ1n) is 10.6. The lowest BCUT2D eigenvalue weighted by Crippen LogP contribution is -2.28. The number of methoxy groups -OCH3 is 1. The molecule has 9 nitrogen and oxygen atoms in total. The molecule has 0 radical (unpaired) electrons. The maximum Gasteiger partial charge on any atom is 0.412 e. The molecule has 0 aliphatic rings. The number of rotatable bonds is 5. The summed E-state index contributed by atoms with van der Waals surface area (Å²) >= 11 is 0. The van der Waals surface area contributed by atoms with Crippen molar-refractivity contribution in [3.8, 4) is 11.4 Å². The van der Waals surface area contributed by atoms with Crippen LogP contribution in [0.3, 0.4) is 0 Å². The van der Waals surface area contributed by atoms with E-state index < -0.39 is 11.7 Å². The maximum absolute atomic E-state index is 13.2. The molecular weight excluding hydrogens is 434 g/mol. The molecule has 0 bridgehead atoms. The van der Waals surface area contributed by atoms with Crippen LogP contribution in [0.15, 0.2) is 71.7 Å². The van der Waals surface area contributed by atoms with Crippen LogP contribution in [-0.4, -0.2) is 33.3 Å². The monoisotopic (exact) mass is 459 g/mol. The van der Waals surface area contributed by atoms with E-state index in [2.05, 4.69) is 20.6 Å². The molecule has 0 unspecified atom stereocenters. The van der Waals surface area contributed by atoms with Crippen LogP contribution in [0, 0.1) is 0 Å². The SMILES string of the molecule is COc1ccccc1Nc1ncc2c(NC(=O)OC(C)(C)C)cc(=O)n(-c3ccccc3)c2n1. The molecule has 34 heavy (non-hydrogen) atoms. The van der Waals surface area contributed by atoms with E-state index in [1.54, 1.807) is 46.2 Å². The Morgan fingerprint density at radius 3 is 2.41 bits per heavy atom. The molecule has 4 rings (SSSR count). The van der Waals surface area contributed by atoms with E-state index >= 15 is 0 Å². The van der Waals surface area contributed by atoms with Crippen molar-refractivity contribution in [2.45, 2.75) is 26.4 Å². The number of pyridine rings is 1. The van der Waals surface area contributed by atoms with Crippen molar-refractivity contribution in [2.75, 3.05) is 17.7 Å². The number of benzene rings is 2. The second-order valence-corrected chi connectivity index (χ2v) is 8.45. The van der Waals surface area contributed by atoms with E-state index in [-0.39, 0.29) is 17.2 Å². The molecule has 174 valence electrons. The molecule has 0 aliphatic heterocycles. The third-order valence-electron chi connectivity index (χ3n) is 4.76. The Bertz CT molecular complexity index is 1390. The summed E-state index contributed by atoms with van der Waals surface area (Å²) in [7, 11) is 1.57. The van der Waals surface area contributed by atoms with Crippen molar-refractivity contribution in [3.05, 3.63) is 77.2 Å². The van der Waals surface area contributed by atoms with Gasteiger partial charge in [-0.3, -0.25) is 14.7 Å². The van der Waals surface area contributed by atoms with Gasteiger partial charge in [-0.25, -0.2) is 9.78 Å². The average Bonchev–Trinajstić information content (AvgIpc) is 2.78. The Hall–Kier alpha value is -4.40. The van der Waals surface area contributed by atoms with Crippen molar-refractivity contribution in [1.82, 2.24) is 14.5 Å². The van der Waals surface area contributed by atoms with Crippen LogP contribution in [-0.2, 0) is 4.74 Å². The van der Waals surface area contributed by atoms with Gasteiger partial charge < -0.3 is 14.8 Å². The third-order valence-corrected chi connectivity index (χ3v) is 4.76. The first-order valence-corrected chi connectivity index (χ1v) is 10.6. The summed E-state index contributed by atoms with van der Waals surface area (Å²) in [5, 5.41) is 6.26. The second kappa shape index (κ2) is 9.22. The Balaban J connectivity index is 1.85. The molecule has 2 aromatic carbocycles. The molecule has 2 heterocycles. The summed E-state index contributed by atoms with van der Waals surface area (Å²) in [6, 6.07) is 17.8. The largest absolute Gasteiger partial charge is 0.495 e. The van der Waals surface area contributed by atoms with Gasteiger partial charge in [0.05, 0.1) is 29.6 Å². The number of anilines is 3. The highest BCUT2D eigenvalue weighted by Crippen LogP contribution is 2.28. The summed E-state index contributed by atoms with van der Waals surface area (Å²) in [5.74, 6) is 0.877. The quantitative estimate of drug-likeness (QED) is 0.438. The first kappa shape index (κ1) is 22.8. The number of nitrogens with zero attached hydrogens (tertiary/aromatic N) is 3. The fourth-order valence-electron chi connectivity index (χ4n) is 3.38. The van der Waals surface area contributed by atoms with Gasteiger partial charge in [-0.2, -0.15) is 4.98 Å². The van der Waals surface area contributed by atoms with Gasteiger partial charge in [-0.05, 0) is 45.0 Å². The van der Waals surface area contributed by atoms with E-state index in [4.69, 9.17) is 9.47 Å². The van der Waals surface area contributed by atoms with Crippen LogP contribution in [0.4, 0.5) is 22.1 Å². The summed E-state index contributed by atoms with van der Waals surface area (Å²) in [5.41, 5.74) is 0.805.